The van der Waals surface area contributed by atoms with Crippen molar-refractivity contribution in [3.05, 3.63) is 54.1 Å². The minimum Gasteiger partial charge on any atom is -0.484 e. The van der Waals surface area contributed by atoms with Gasteiger partial charge in [-0.1, -0.05) is 18.2 Å². The van der Waals surface area contributed by atoms with Gasteiger partial charge in [-0.25, -0.2) is 0 Å². The Kier molecular flexibility index (Phi) is 6.88. The lowest BCUT2D eigenvalue weighted by atomic mass is 10.1. The number of hydrogen-bond acceptors (Lipinski definition) is 4. The molecule has 5 heteroatoms. The van der Waals surface area contributed by atoms with Crippen molar-refractivity contribution < 1.29 is 14.3 Å². The Hall–Kier alpha value is -2.27. The summed E-state index contributed by atoms with van der Waals surface area (Å²) in [5, 5.41) is 2.82. The fraction of sp³-hybridized carbons (Fsp3) is 0.263. The number of Topliss-reactive ketones (excluding diaryl/α,β-unsaturated/α-hetero) is 1. The molecule has 2 aromatic rings. The van der Waals surface area contributed by atoms with Crippen molar-refractivity contribution in [1.82, 2.24) is 0 Å². The lowest BCUT2D eigenvalue weighted by Gasteiger charge is -2.09. The third-order valence-corrected chi connectivity index (χ3v) is 4.14. The average Bonchev–Trinajstić information content (AvgIpc) is 2.59. The molecule has 24 heavy (non-hydrogen) atoms. The van der Waals surface area contributed by atoms with Crippen molar-refractivity contribution in [2.75, 3.05) is 18.2 Å². The van der Waals surface area contributed by atoms with Crippen molar-refractivity contribution in [2.45, 2.75) is 24.7 Å². The molecule has 0 radical (unpaired) electrons. The number of hydrogen-bond donors (Lipinski definition) is 1. The highest BCUT2D eigenvalue weighted by Crippen LogP contribution is 2.19. The maximum atomic E-state index is 11.9. The molecule has 0 aliphatic rings. The van der Waals surface area contributed by atoms with Gasteiger partial charge in [-0.2, -0.15) is 0 Å². The molecule has 0 saturated carbocycles. The first kappa shape index (κ1) is 18.1. The summed E-state index contributed by atoms with van der Waals surface area (Å²) in [5.41, 5.74) is 1.84. The van der Waals surface area contributed by atoms with Crippen molar-refractivity contribution in [3.63, 3.8) is 0 Å². The van der Waals surface area contributed by atoms with E-state index in [0.29, 0.717) is 12.2 Å². The number of aryl methyl sites for hydroxylation is 1. The third-order valence-electron chi connectivity index (χ3n) is 3.41. The molecule has 0 spiro atoms. The molecular formula is C19H21NO3S. The van der Waals surface area contributed by atoms with Crippen LogP contribution in [0.4, 0.5) is 5.69 Å². The third kappa shape index (κ3) is 6.08. The highest BCUT2D eigenvalue weighted by atomic mass is 32.2. The van der Waals surface area contributed by atoms with Crippen molar-refractivity contribution in [2.24, 2.45) is 0 Å². The Morgan fingerprint density at radius 1 is 1.12 bits per heavy atom. The van der Waals surface area contributed by atoms with Crippen LogP contribution in [-0.2, 0) is 16.0 Å². The lowest BCUT2D eigenvalue weighted by molar-refractivity contribution is -0.118. The number of rotatable bonds is 8. The van der Waals surface area contributed by atoms with Crippen LogP contribution in [-0.4, -0.2) is 24.6 Å². The van der Waals surface area contributed by atoms with Gasteiger partial charge in [0.2, 0.25) is 0 Å². The molecule has 0 saturated heterocycles. The van der Waals surface area contributed by atoms with Gasteiger partial charge in [-0.05, 0) is 55.5 Å². The summed E-state index contributed by atoms with van der Waals surface area (Å²) in [4.78, 5) is 24.0. The van der Waals surface area contributed by atoms with E-state index in [4.69, 9.17) is 4.74 Å². The Morgan fingerprint density at radius 3 is 2.54 bits per heavy atom. The van der Waals surface area contributed by atoms with E-state index in [-0.39, 0.29) is 18.3 Å². The second-order valence-electron chi connectivity index (χ2n) is 5.41. The van der Waals surface area contributed by atoms with Crippen molar-refractivity contribution >= 4 is 29.1 Å². The van der Waals surface area contributed by atoms with Gasteiger partial charge in [0, 0.05) is 17.0 Å². The molecule has 0 bridgehead atoms. The van der Waals surface area contributed by atoms with Crippen LogP contribution in [0.3, 0.4) is 0 Å². The van der Waals surface area contributed by atoms with E-state index in [9.17, 15) is 9.59 Å². The molecule has 2 rings (SSSR count). The Bertz CT molecular complexity index is 698. The summed E-state index contributed by atoms with van der Waals surface area (Å²) >= 11 is 1.62. The van der Waals surface area contributed by atoms with Crippen LogP contribution in [0.1, 0.15) is 18.9 Å². The van der Waals surface area contributed by atoms with E-state index in [2.05, 4.69) is 5.32 Å². The molecule has 2 aromatic carbocycles. The van der Waals surface area contributed by atoms with Crippen molar-refractivity contribution in [3.8, 4) is 5.75 Å². The van der Waals surface area contributed by atoms with Gasteiger partial charge in [-0.15, -0.1) is 11.8 Å². The zero-order valence-corrected chi connectivity index (χ0v) is 14.7. The zero-order chi connectivity index (χ0) is 17.4. The van der Waals surface area contributed by atoms with Gasteiger partial charge in [0.25, 0.3) is 5.91 Å². The van der Waals surface area contributed by atoms with Gasteiger partial charge < -0.3 is 14.8 Å². The summed E-state index contributed by atoms with van der Waals surface area (Å²) < 4.78 is 5.49. The smallest absolute Gasteiger partial charge is 0.262 e. The molecule has 0 aliphatic heterocycles. The van der Waals surface area contributed by atoms with E-state index < -0.39 is 0 Å². The molecule has 4 nitrogen and oxygen atoms in total. The number of anilines is 1. The van der Waals surface area contributed by atoms with Crippen LogP contribution in [0.15, 0.2) is 53.4 Å². The number of ketones is 1. The predicted octanol–water partition coefficient (Wildman–Crippen LogP) is 3.95. The summed E-state index contributed by atoms with van der Waals surface area (Å²) in [6, 6.07) is 15.1. The predicted molar refractivity (Wildman–Crippen MR) is 97.8 cm³/mol. The minimum atomic E-state index is -0.200. The largest absolute Gasteiger partial charge is 0.484 e. The maximum absolute atomic E-state index is 11.9. The Morgan fingerprint density at radius 2 is 1.88 bits per heavy atom. The van der Waals surface area contributed by atoms with Crippen molar-refractivity contribution in [1.29, 1.82) is 0 Å². The van der Waals surface area contributed by atoms with Crippen LogP contribution < -0.4 is 10.1 Å². The lowest BCUT2D eigenvalue weighted by Crippen LogP contribution is -2.20. The summed E-state index contributed by atoms with van der Waals surface area (Å²) in [5.74, 6) is 0.612. The van der Waals surface area contributed by atoms with Crippen LogP contribution in [0.2, 0.25) is 0 Å². The summed E-state index contributed by atoms with van der Waals surface area (Å²) in [6.07, 6.45) is 3.25. The van der Waals surface area contributed by atoms with Crippen LogP contribution in [0.25, 0.3) is 0 Å². The second kappa shape index (κ2) is 9.13. The van der Waals surface area contributed by atoms with E-state index >= 15 is 0 Å². The van der Waals surface area contributed by atoms with E-state index in [1.165, 1.54) is 0 Å². The Balaban J connectivity index is 1.81. The van der Waals surface area contributed by atoms with E-state index in [1.54, 1.807) is 18.7 Å². The molecule has 0 fully saturated rings. The standard InChI is InChI=1S/C19H21NO3S/c1-14(21)6-7-15-8-10-17(11-9-15)23-13-19(22)20-16-4-3-5-18(12-16)24-2/h3-5,8-12H,6-7,13H2,1-2H3,(H,20,22). The molecule has 0 aromatic heterocycles. The van der Waals surface area contributed by atoms with Crippen LogP contribution in [0.5, 0.6) is 5.75 Å². The molecule has 126 valence electrons. The highest BCUT2D eigenvalue weighted by Gasteiger charge is 2.05. The molecule has 0 heterocycles. The summed E-state index contributed by atoms with van der Waals surface area (Å²) in [7, 11) is 0. The molecule has 1 amide bonds. The number of carbonyl (C=O) groups excluding carboxylic acids is 2. The first-order valence-electron chi connectivity index (χ1n) is 7.72. The number of thioether (sulfide) groups is 1. The maximum Gasteiger partial charge on any atom is 0.262 e. The van der Waals surface area contributed by atoms with E-state index in [1.807, 2.05) is 54.8 Å². The first-order chi connectivity index (χ1) is 11.6. The van der Waals surface area contributed by atoms with Gasteiger partial charge in [-0.3, -0.25) is 4.79 Å². The van der Waals surface area contributed by atoms with Crippen LogP contribution in [0, 0.1) is 0 Å². The molecule has 0 unspecified atom stereocenters. The number of ether oxygens (including phenoxy) is 1. The fourth-order valence-electron chi connectivity index (χ4n) is 2.12. The number of amides is 1. The van der Waals surface area contributed by atoms with Gasteiger partial charge in [0.1, 0.15) is 11.5 Å². The molecule has 0 aliphatic carbocycles. The van der Waals surface area contributed by atoms with Gasteiger partial charge >= 0.3 is 0 Å². The number of carbonyl (C=O) groups is 2. The highest BCUT2D eigenvalue weighted by molar-refractivity contribution is 7.98. The first-order valence-corrected chi connectivity index (χ1v) is 8.94. The average molecular weight is 343 g/mol. The number of nitrogens with one attached hydrogen (secondary N) is 1. The fourth-order valence-corrected chi connectivity index (χ4v) is 2.58. The minimum absolute atomic E-state index is 0.0453. The second-order valence-corrected chi connectivity index (χ2v) is 6.29. The molecule has 1 N–H and O–H groups in total. The zero-order valence-electron chi connectivity index (χ0n) is 13.9. The SMILES string of the molecule is CSc1cccc(NC(=O)COc2ccc(CCC(C)=O)cc2)c1. The molecule has 0 atom stereocenters. The Labute approximate surface area is 146 Å². The molecular weight excluding hydrogens is 322 g/mol. The summed E-state index contributed by atoms with van der Waals surface area (Å²) in [6.45, 7) is 1.54. The van der Waals surface area contributed by atoms with Crippen LogP contribution >= 0.6 is 11.8 Å². The number of benzene rings is 2. The quantitative estimate of drug-likeness (QED) is 0.738. The normalized spacial score (nSPS) is 10.2. The van der Waals surface area contributed by atoms with E-state index in [0.717, 1.165) is 22.6 Å². The monoisotopic (exact) mass is 343 g/mol. The topological polar surface area (TPSA) is 55.4 Å². The van der Waals surface area contributed by atoms with Gasteiger partial charge in [0.15, 0.2) is 6.61 Å². The van der Waals surface area contributed by atoms with Gasteiger partial charge in [0.05, 0.1) is 0 Å².